The van der Waals surface area contributed by atoms with Crippen molar-refractivity contribution in [3.05, 3.63) is 42.7 Å². The van der Waals surface area contributed by atoms with Crippen molar-refractivity contribution in [1.82, 2.24) is 9.55 Å². The number of nitrogens with zero attached hydrogens (tertiary/aromatic N) is 2. The lowest BCUT2D eigenvalue weighted by atomic mass is 10.1. The van der Waals surface area contributed by atoms with Crippen LogP contribution in [-0.2, 0) is 6.54 Å². The summed E-state index contributed by atoms with van der Waals surface area (Å²) in [5.41, 5.74) is 14.7. The molecular formula is C18H24N4O. The number of methoxy groups -OCH3 is 1. The second-order valence-electron chi connectivity index (χ2n) is 4.88. The van der Waals surface area contributed by atoms with E-state index in [1.54, 1.807) is 7.11 Å². The minimum absolute atomic E-state index is 0.510. The van der Waals surface area contributed by atoms with Gasteiger partial charge in [0, 0.05) is 42.5 Å². The van der Waals surface area contributed by atoms with Gasteiger partial charge in [0.2, 0.25) is 0 Å². The number of nitrogens with two attached hydrogens (primary N) is 2. The Bertz CT molecular complexity index is 780. The SMILES string of the molecule is CC.COc1cccc(-c2cn(CCN)c3cc(N)ncc23)c1. The Morgan fingerprint density at radius 3 is 2.70 bits per heavy atom. The molecule has 0 saturated heterocycles. The Labute approximate surface area is 136 Å². The van der Waals surface area contributed by atoms with E-state index < -0.39 is 0 Å². The summed E-state index contributed by atoms with van der Waals surface area (Å²) in [6, 6.07) is 9.86. The van der Waals surface area contributed by atoms with Gasteiger partial charge in [-0.25, -0.2) is 4.98 Å². The first-order valence-corrected chi connectivity index (χ1v) is 7.82. The molecule has 122 valence electrons. The van der Waals surface area contributed by atoms with Crippen LogP contribution in [0, 0.1) is 0 Å². The van der Waals surface area contributed by atoms with Crippen LogP contribution in [0.4, 0.5) is 5.82 Å². The number of ether oxygens (including phenoxy) is 1. The summed E-state index contributed by atoms with van der Waals surface area (Å²) in [5, 5.41) is 1.06. The fourth-order valence-corrected chi connectivity index (χ4v) is 2.55. The molecule has 2 aromatic heterocycles. The lowest BCUT2D eigenvalue weighted by molar-refractivity contribution is 0.415. The summed E-state index contributed by atoms with van der Waals surface area (Å²) in [6.45, 7) is 5.31. The number of nitrogen functional groups attached to an aromatic ring is 1. The van der Waals surface area contributed by atoms with Gasteiger partial charge in [-0.3, -0.25) is 0 Å². The lowest BCUT2D eigenvalue weighted by Crippen LogP contribution is -2.08. The van der Waals surface area contributed by atoms with Gasteiger partial charge < -0.3 is 20.8 Å². The highest BCUT2D eigenvalue weighted by atomic mass is 16.5. The lowest BCUT2D eigenvalue weighted by Gasteiger charge is -2.03. The smallest absolute Gasteiger partial charge is 0.125 e. The zero-order chi connectivity index (χ0) is 16.8. The van der Waals surface area contributed by atoms with E-state index in [0.29, 0.717) is 12.4 Å². The molecule has 5 nitrogen and oxygen atoms in total. The Balaban J connectivity index is 0.000000924. The minimum atomic E-state index is 0.510. The molecule has 0 amide bonds. The van der Waals surface area contributed by atoms with Gasteiger partial charge in [0.05, 0.1) is 12.6 Å². The predicted octanol–water partition coefficient (Wildman–Crippen LogP) is 3.28. The maximum atomic E-state index is 5.81. The molecule has 0 saturated carbocycles. The summed E-state index contributed by atoms with van der Waals surface area (Å²) in [6.07, 6.45) is 3.90. The fourth-order valence-electron chi connectivity index (χ4n) is 2.55. The molecule has 1 aromatic carbocycles. The Morgan fingerprint density at radius 2 is 2.00 bits per heavy atom. The third kappa shape index (κ3) is 3.46. The number of hydrogen-bond donors (Lipinski definition) is 2. The number of rotatable bonds is 4. The van der Waals surface area contributed by atoms with E-state index in [1.165, 1.54) is 0 Å². The number of pyridine rings is 1. The quantitative estimate of drug-likeness (QED) is 0.775. The summed E-state index contributed by atoms with van der Waals surface area (Å²) in [5.74, 6) is 1.34. The van der Waals surface area contributed by atoms with Gasteiger partial charge >= 0.3 is 0 Å². The van der Waals surface area contributed by atoms with Crippen LogP contribution in [0.25, 0.3) is 22.0 Å². The van der Waals surface area contributed by atoms with E-state index in [2.05, 4.69) is 21.8 Å². The van der Waals surface area contributed by atoms with Gasteiger partial charge in [-0.1, -0.05) is 26.0 Å². The van der Waals surface area contributed by atoms with Crippen molar-refractivity contribution in [2.45, 2.75) is 20.4 Å². The number of benzene rings is 1. The molecule has 2 heterocycles. The average molecular weight is 312 g/mol. The van der Waals surface area contributed by atoms with Crippen molar-refractivity contribution in [3.63, 3.8) is 0 Å². The second-order valence-corrected chi connectivity index (χ2v) is 4.88. The van der Waals surface area contributed by atoms with Gasteiger partial charge in [0.1, 0.15) is 11.6 Å². The summed E-state index contributed by atoms with van der Waals surface area (Å²) < 4.78 is 7.41. The number of aromatic nitrogens is 2. The second kappa shape index (κ2) is 7.65. The summed E-state index contributed by atoms with van der Waals surface area (Å²) in [7, 11) is 1.67. The van der Waals surface area contributed by atoms with Gasteiger partial charge in [-0.2, -0.15) is 0 Å². The van der Waals surface area contributed by atoms with Crippen molar-refractivity contribution in [2.75, 3.05) is 19.4 Å². The van der Waals surface area contributed by atoms with Gasteiger partial charge in [-0.15, -0.1) is 0 Å². The summed E-state index contributed by atoms with van der Waals surface area (Å²) >= 11 is 0. The Kier molecular flexibility index (Phi) is 5.60. The molecule has 0 aliphatic carbocycles. The van der Waals surface area contributed by atoms with Crippen LogP contribution in [0.5, 0.6) is 5.75 Å². The largest absolute Gasteiger partial charge is 0.497 e. The highest BCUT2D eigenvalue weighted by Crippen LogP contribution is 2.32. The molecule has 4 N–H and O–H groups in total. The van der Waals surface area contributed by atoms with Crippen LogP contribution >= 0.6 is 0 Å². The van der Waals surface area contributed by atoms with Gasteiger partial charge in [0.15, 0.2) is 0 Å². The van der Waals surface area contributed by atoms with Crippen molar-refractivity contribution in [1.29, 1.82) is 0 Å². The highest BCUT2D eigenvalue weighted by molar-refractivity contribution is 5.96. The maximum absolute atomic E-state index is 5.81. The van der Waals surface area contributed by atoms with Crippen LogP contribution < -0.4 is 16.2 Å². The van der Waals surface area contributed by atoms with E-state index >= 15 is 0 Å². The third-order valence-corrected chi connectivity index (χ3v) is 3.54. The molecule has 5 heteroatoms. The molecule has 0 unspecified atom stereocenters. The van der Waals surface area contributed by atoms with Crippen molar-refractivity contribution in [2.24, 2.45) is 5.73 Å². The van der Waals surface area contributed by atoms with Crippen molar-refractivity contribution in [3.8, 4) is 16.9 Å². The van der Waals surface area contributed by atoms with Crippen LogP contribution in [-0.4, -0.2) is 23.2 Å². The van der Waals surface area contributed by atoms with Crippen LogP contribution in [0.3, 0.4) is 0 Å². The maximum Gasteiger partial charge on any atom is 0.125 e. The zero-order valence-corrected chi connectivity index (χ0v) is 13.9. The average Bonchev–Trinajstić information content (AvgIpc) is 2.95. The Hall–Kier alpha value is -2.53. The van der Waals surface area contributed by atoms with E-state index in [-0.39, 0.29) is 0 Å². The van der Waals surface area contributed by atoms with E-state index in [9.17, 15) is 0 Å². The van der Waals surface area contributed by atoms with Crippen LogP contribution in [0.1, 0.15) is 13.8 Å². The molecule has 23 heavy (non-hydrogen) atoms. The minimum Gasteiger partial charge on any atom is -0.497 e. The number of hydrogen-bond acceptors (Lipinski definition) is 4. The molecule has 3 aromatic rings. The summed E-state index contributed by atoms with van der Waals surface area (Å²) in [4.78, 5) is 4.21. The third-order valence-electron chi connectivity index (χ3n) is 3.54. The Morgan fingerprint density at radius 1 is 1.22 bits per heavy atom. The molecule has 0 atom stereocenters. The molecule has 0 aliphatic heterocycles. The van der Waals surface area contributed by atoms with Crippen molar-refractivity contribution < 1.29 is 4.74 Å². The normalized spacial score (nSPS) is 10.3. The van der Waals surface area contributed by atoms with E-state index in [4.69, 9.17) is 16.2 Å². The first-order chi connectivity index (χ1) is 11.2. The molecule has 0 fully saturated rings. The molecule has 0 bridgehead atoms. The van der Waals surface area contributed by atoms with Gasteiger partial charge in [0.25, 0.3) is 0 Å². The van der Waals surface area contributed by atoms with Crippen LogP contribution in [0.15, 0.2) is 42.7 Å². The number of anilines is 1. The first kappa shape index (κ1) is 16.8. The highest BCUT2D eigenvalue weighted by Gasteiger charge is 2.11. The molecule has 0 radical (unpaired) electrons. The molecule has 0 spiro atoms. The standard InChI is InChI=1S/C16H18N4O.C2H6/c1-21-12-4-2-3-11(7-12)14-10-20(6-5-17)15-8-16(18)19-9-13(14)15;1-2/h2-4,7-10H,5-6,17H2,1H3,(H2,18,19);1-2H3. The van der Waals surface area contributed by atoms with Gasteiger partial charge in [-0.05, 0) is 17.7 Å². The number of fused-ring (bicyclic) bond motifs is 1. The first-order valence-electron chi connectivity index (χ1n) is 7.82. The zero-order valence-electron chi connectivity index (χ0n) is 13.9. The molecule has 3 rings (SSSR count). The van der Waals surface area contributed by atoms with E-state index in [0.717, 1.165) is 34.3 Å². The predicted molar refractivity (Wildman–Crippen MR) is 96.5 cm³/mol. The fraction of sp³-hybridized carbons (Fsp3) is 0.278. The van der Waals surface area contributed by atoms with E-state index in [1.807, 2.05) is 44.3 Å². The monoisotopic (exact) mass is 312 g/mol. The molecular weight excluding hydrogens is 288 g/mol. The molecule has 0 aliphatic rings. The van der Waals surface area contributed by atoms with Crippen molar-refractivity contribution >= 4 is 16.7 Å². The topological polar surface area (TPSA) is 79.1 Å². The van der Waals surface area contributed by atoms with Crippen LogP contribution in [0.2, 0.25) is 0 Å².